The number of carbonyl (C=O) groups is 2. The molecule has 1 aromatic carbocycles. The molecule has 1 aromatic heterocycles. The molecule has 2 fully saturated rings. The maximum atomic E-state index is 13.1. The number of aromatic nitrogens is 2. The molecule has 2 aromatic rings. The van der Waals surface area contributed by atoms with Crippen molar-refractivity contribution >= 4 is 11.8 Å². The monoisotopic (exact) mass is 338 g/mol. The first-order valence-corrected chi connectivity index (χ1v) is 8.89. The summed E-state index contributed by atoms with van der Waals surface area (Å²) < 4.78 is 0. The maximum absolute atomic E-state index is 13.1. The smallest absolute Gasteiger partial charge is 0.254 e. The molecule has 2 amide bonds. The zero-order valence-electron chi connectivity index (χ0n) is 14.1. The summed E-state index contributed by atoms with van der Waals surface area (Å²) in [6.07, 6.45) is 6.71. The number of hydrogen-bond donors (Lipinski definition) is 2. The number of H-pyrrole nitrogens is 1. The predicted molar refractivity (Wildman–Crippen MR) is 93.2 cm³/mol. The minimum atomic E-state index is -0.518. The zero-order valence-corrected chi connectivity index (χ0v) is 14.1. The second kappa shape index (κ2) is 6.35. The van der Waals surface area contributed by atoms with Gasteiger partial charge in [-0.05, 0) is 55.7 Å². The van der Waals surface area contributed by atoms with E-state index in [0.717, 1.165) is 19.3 Å². The van der Waals surface area contributed by atoms with Gasteiger partial charge in [0.2, 0.25) is 0 Å². The van der Waals surface area contributed by atoms with Gasteiger partial charge in [-0.3, -0.25) is 14.7 Å². The summed E-state index contributed by atoms with van der Waals surface area (Å²) in [6, 6.07) is 7.78. The van der Waals surface area contributed by atoms with Gasteiger partial charge in [-0.2, -0.15) is 5.10 Å². The van der Waals surface area contributed by atoms with E-state index in [2.05, 4.69) is 22.3 Å². The Morgan fingerprint density at radius 2 is 1.88 bits per heavy atom. The minimum absolute atomic E-state index is 0.00272. The fourth-order valence-corrected chi connectivity index (χ4v) is 3.70. The molecule has 6 heteroatoms. The van der Waals surface area contributed by atoms with Crippen LogP contribution in [0.15, 0.2) is 30.5 Å². The molecule has 2 heterocycles. The lowest BCUT2D eigenvalue weighted by molar-refractivity contribution is 0.0603. The Morgan fingerprint density at radius 1 is 1.12 bits per heavy atom. The van der Waals surface area contributed by atoms with Crippen molar-refractivity contribution in [1.29, 1.82) is 0 Å². The molecule has 1 atom stereocenters. The highest BCUT2D eigenvalue weighted by Crippen LogP contribution is 2.40. The van der Waals surface area contributed by atoms with Gasteiger partial charge in [0.25, 0.3) is 11.8 Å². The van der Waals surface area contributed by atoms with Gasteiger partial charge in [-0.15, -0.1) is 0 Å². The van der Waals surface area contributed by atoms with Crippen LogP contribution in [0.25, 0.3) is 0 Å². The highest BCUT2D eigenvalue weighted by atomic mass is 16.2. The molecule has 1 saturated heterocycles. The average molecular weight is 338 g/mol. The fourth-order valence-electron chi connectivity index (χ4n) is 3.70. The first kappa shape index (κ1) is 15.9. The standard InChI is InChI=1S/C19H22N4O2/c20-18(24)15-11-21-22-17(15)16-3-1-2-10-23(16)19(25)14-8-6-13(7-9-14)12-4-5-12/h6-9,11-12,16H,1-5,10H2,(H2,20,24)(H,21,22). The van der Waals surface area contributed by atoms with Crippen LogP contribution in [0, 0.1) is 0 Å². The van der Waals surface area contributed by atoms with Gasteiger partial charge in [0.05, 0.1) is 23.5 Å². The third kappa shape index (κ3) is 3.04. The molecule has 2 aliphatic rings. The largest absolute Gasteiger partial charge is 0.365 e. The molecule has 1 aliphatic carbocycles. The molecule has 0 spiro atoms. The van der Waals surface area contributed by atoms with Gasteiger partial charge in [0.1, 0.15) is 0 Å². The summed E-state index contributed by atoms with van der Waals surface area (Å²) >= 11 is 0. The number of hydrogen-bond acceptors (Lipinski definition) is 3. The van der Waals surface area contributed by atoms with Gasteiger partial charge in [-0.1, -0.05) is 12.1 Å². The van der Waals surface area contributed by atoms with Crippen LogP contribution in [0.3, 0.4) is 0 Å². The van der Waals surface area contributed by atoms with Crippen molar-refractivity contribution in [2.75, 3.05) is 6.54 Å². The highest BCUT2D eigenvalue weighted by molar-refractivity contribution is 5.96. The summed E-state index contributed by atoms with van der Waals surface area (Å²) in [6.45, 7) is 0.672. The first-order chi connectivity index (χ1) is 12.1. The number of carbonyl (C=O) groups excluding carboxylic acids is 2. The number of nitrogens with two attached hydrogens (primary N) is 1. The lowest BCUT2D eigenvalue weighted by Gasteiger charge is -2.35. The van der Waals surface area contributed by atoms with E-state index in [4.69, 9.17) is 5.73 Å². The van der Waals surface area contributed by atoms with Crippen molar-refractivity contribution in [2.24, 2.45) is 5.73 Å². The van der Waals surface area contributed by atoms with Crippen LogP contribution in [0.5, 0.6) is 0 Å². The van der Waals surface area contributed by atoms with Crippen LogP contribution in [0.2, 0.25) is 0 Å². The summed E-state index contributed by atoms with van der Waals surface area (Å²) in [5, 5.41) is 6.84. The lowest BCUT2D eigenvalue weighted by atomic mass is 9.95. The number of aromatic amines is 1. The minimum Gasteiger partial charge on any atom is -0.365 e. The van der Waals surface area contributed by atoms with Crippen LogP contribution in [0.4, 0.5) is 0 Å². The van der Waals surface area contributed by atoms with E-state index < -0.39 is 5.91 Å². The van der Waals surface area contributed by atoms with Crippen LogP contribution in [0.1, 0.15) is 76.0 Å². The van der Waals surface area contributed by atoms with Crippen molar-refractivity contribution in [3.63, 3.8) is 0 Å². The van der Waals surface area contributed by atoms with Crippen molar-refractivity contribution in [1.82, 2.24) is 15.1 Å². The van der Waals surface area contributed by atoms with Crippen LogP contribution >= 0.6 is 0 Å². The Hall–Kier alpha value is -2.63. The van der Waals surface area contributed by atoms with Gasteiger partial charge < -0.3 is 10.6 Å². The Bertz CT molecular complexity index is 792. The molecule has 1 saturated carbocycles. The van der Waals surface area contributed by atoms with Crippen molar-refractivity contribution in [3.05, 3.63) is 52.8 Å². The van der Waals surface area contributed by atoms with E-state index >= 15 is 0 Å². The molecule has 4 rings (SSSR count). The van der Waals surface area contributed by atoms with E-state index in [1.54, 1.807) is 0 Å². The van der Waals surface area contributed by atoms with Crippen LogP contribution < -0.4 is 5.73 Å². The number of primary amides is 1. The Labute approximate surface area is 146 Å². The van der Waals surface area contributed by atoms with Gasteiger partial charge in [-0.25, -0.2) is 0 Å². The zero-order chi connectivity index (χ0) is 17.4. The molecular formula is C19H22N4O2. The number of nitrogens with zero attached hydrogens (tertiary/aromatic N) is 2. The number of benzene rings is 1. The van der Waals surface area contributed by atoms with Crippen molar-refractivity contribution < 1.29 is 9.59 Å². The molecule has 6 nitrogen and oxygen atoms in total. The molecule has 130 valence electrons. The number of amides is 2. The number of rotatable bonds is 4. The van der Waals surface area contributed by atoms with Crippen LogP contribution in [-0.2, 0) is 0 Å². The van der Waals surface area contributed by atoms with Crippen LogP contribution in [-0.4, -0.2) is 33.5 Å². The van der Waals surface area contributed by atoms with E-state index in [0.29, 0.717) is 29.3 Å². The summed E-state index contributed by atoms with van der Waals surface area (Å²) in [5.41, 5.74) is 8.47. The van der Waals surface area contributed by atoms with E-state index in [-0.39, 0.29) is 11.9 Å². The topological polar surface area (TPSA) is 92.1 Å². The normalized spacial score (nSPS) is 20.5. The maximum Gasteiger partial charge on any atom is 0.254 e. The molecule has 3 N–H and O–H groups in total. The predicted octanol–water partition coefficient (Wildman–Crippen LogP) is 2.75. The molecule has 1 aliphatic heterocycles. The number of piperidine rings is 1. The van der Waals surface area contributed by atoms with E-state index in [1.807, 2.05) is 17.0 Å². The Balaban J connectivity index is 1.60. The second-order valence-electron chi connectivity index (χ2n) is 6.97. The third-order valence-electron chi connectivity index (χ3n) is 5.24. The van der Waals surface area contributed by atoms with Crippen molar-refractivity contribution in [2.45, 2.75) is 44.1 Å². The summed E-state index contributed by atoms with van der Waals surface area (Å²) in [7, 11) is 0. The Morgan fingerprint density at radius 3 is 2.56 bits per heavy atom. The third-order valence-corrected chi connectivity index (χ3v) is 5.24. The van der Waals surface area contributed by atoms with Gasteiger partial charge in [0.15, 0.2) is 0 Å². The average Bonchev–Trinajstić information content (AvgIpc) is 3.37. The van der Waals surface area contributed by atoms with Gasteiger partial charge >= 0.3 is 0 Å². The van der Waals surface area contributed by atoms with Gasteiger partial charge in [0, 0.05) is 12.1 Å². The molecule has 0 radical (unpaired) electrons. The molecular weight excluding hydrogens is 316 g/mol. The summed E-state index contributed by atoms with van der Waals surface area (Å²) in [5.74, 6) is 0.155. The second-order valence-corrected chi connectivity index (χ2v) is 6.97. The quantitative estimate of drug-likeness (QED) is 0.898. The fraction of sp³-hybridized carbons (Fsp3) is 0.421. The molecule has 0 bridgehead atoms. The number of likely N-dealkylation sites (tertiary alicyclic amines) is 1. The van der Waals surface area contributed by atoms with Crippen molar-refractivity contribution in [3.8, 4) is 0 Å². The summed E-state index contributed by atoms with van der Waals surface area (Å²) in [4.78, 5) is 26.5. The molecule has 25 heavy (non-hydrogen) atoms. The van der Waals surface area contributed by atoms with E-state index in [9.17, 15) is 9.59 Å². The number of nitrogens with one attached hydrogen (secondary N) is 1. The highest BCUT2D eigenvalue weighted by Gasteiger charge is 2.32. The lowest BCUT2D eigenvalue weighted by Crippen LogP contribution is -2.39. The Kier molecular flexibility index (Phi) is 4.03. The SMILES string of the molecule is NC(=O)c1cn[nH]c1C1CCCCN1C(=O)c1ccc(C2CC2)cc1. The molecule has 1 unspecified atom stereocenters. The first-order valence-electron chi connectivity index (χ1n) is 8.89. The van der Waals surface area contributed by atoms with E-state index in [1.165, 1.54) is 24.6 Å².